The Kier molecular flexibility index (Phi) is 6.81. The fourth-order valence-electron chi connectivity index (χ4n) is 3.96. The van der Waals surface area contributed by atoms with Crippen LogP contribution in [-0.4, -0.2) is 57.1 Å². The van der Waals surface area contributed by atoms with Crippen molar-refractivity contribution in [1.82, 2.24) is 19.8 Å². The van der Waals surface area contributed by atoms with Gasteiger partial charge < -0.3 is 14.6 Å². The normalized spacial score (nSPS) is 18.0. The number of nitrogens with one attached hydrogen (secondary N) is 1. The molecule has 1 amide bonds. The number of hydrogen-bond donors (Lipinski definition) is 1. The topological polar surface area (TPSA) is 78.5 Å². The summed E-state index contributed by atoms with van der Waals surface area (Å²) >= 11 is 0. The molecule has 1 saturated heterocycles. The molecule has 1 aromatic heterocycles. The zero-order valence-electron chi connectivity index (χ0n) is 18.8. The molecule has 0 saturated carbocycles. The first-order chi connectivity index (χ1) is 14.1. The molecule has 0 bridgehead atoms. The largest absolute Gasteiger partial charge is 0.444 e. The summed E-state index contributed by atoms with van der Waals surface area (Å²) < 4.78 is 5.60. The molecule has 2 aromatic rings. The van der Waals surface area contributed by atoms with Gasteiger partial charge in [-0.05, 0) is 72.1 Å². The molecule has 2 heterocycles. The SMILES string of the molecule is CC(C)N(CC1CCCN(Cc2nc3ccccc3c(=O)[nH]2)C1)C(=O)OC(C)(C)C. The van der Waals surface area contributed by atoms with E-state index < -0.39 is 5.60 Å². The lowest BCUT2D eigenvalue weighted by Gasteiger charge is -2.37. The first-order valence-electron chi connectivity index (χ1n) is 10.8. The quantitative estimate of drug-likeness (QED) is 0.806. The lowest BCUT2D eigenvalue weighted by atomic mass is 9.97. The number of likely N-dealkylation sites (tertiary alicyclic amines) is 1. The minimum atomic E-state index is -0.504. The van der Waals surface area contributed by atoms with Gasteiger partial charge in [0, 0.05) is 19.1 Å². The van der Waals surface area contributed by atoms with E-state index in [0.717, 1.165) is 31.4 Å². The van der Waals surface area contributed by atoms with Crippen molar-refractivity contribution in [2.24, 2.45) is 5.92 Å². The van der Waals surface area contributed by atoms with Crippen molar-refractivity contribution in [3.05, 3.63) is 40.4 Å². The number of aromatic nitrogens is 2. The first-order valence-corrected chi connectivity index (χ1v) is 10.8. The summed E-state index contributed by atoms with van der Waals surface area (Å²) in [6.45, 7) is 12.8. The van der Waals surface area contributed by atoms with Crippen LogP contribution in [0.3, 0.4) is 0 Å². The van der Waals surface area contributed by atoms with Crippen LogP contribution in [0.1, 0.15) is 53.3 Å². The molecule has 0 radical (unpaired) electrons. The van der Waals surface area contributed by atoms with Crippen molar-refractivity contribution in [1.29, 1.82) is 0 Å². The highest BCUT2D eigenvalue weighted by atomic mass is 16.6. The van der Waals surface area contributed by atoms with Gasteiger partial charge in [0.05, 0.1) is 17.4 Å². The van der Waals surface area contributed by atoms with E-state index >= 15 is 0 Å². The van der Waals surface area contributed by atoms with Gasteiger partial charge in [0.2, 0.25) is 0 Å². The van der Waals surface area contributed by atoms with Crippen molar-refractivity contribution in [2.45, 2.75) is 65.6 Å². The molecule has 1 N–H and O–H groups in total. The van der Waals surface area contributed by atoms with E-state index in [-0.39, 0.29) is 17.7 Å². The number of rotatable bonds is 5. The van der Waals surface area contributed by atoms with Crippen molar-refractivity contribution in [2.75, 3.05) is 19.6 Å². The fraction of sp³-hybridized carbons (Fsp3) is 0.609. The number of carbonyl (C=O) groups excluding carboxylic acids is 1. The number of carbonyl (C=O) groups is 1. The second-order valence-electron chi connectivity index (χ2n) is 9.50. The number of aromatic amines is 1. The van der Waals surface area contributed by atoms with Crippen LogP contribution in [0.15, 0.2) is 29.1 Å². The van der Waals surface area contributed by atoms with Crippen molar-refractivity contribution in [3.63, 3.8) is 0 Å². The molecule has 1 aromatic carbocycles. The number of ether oxygens (including phenoxy) is 1. The second-order valence-corrected chi connectivity index (χ2v) is 9.50. The molecule has 0 aliphatic carbocycles. The van der Waals surface area contributed by atoms with E-state index in [2.05, 4.69) is 14.9 Å². The molecular formula is C23H34N4O3. The third-order valence-electron chi connectivity index (χ3n) is 5.34. The van der Waals surface area contributed by atoms with Gasteiger partial charge in [0.1, 0.15) is 11.4 Å². The summed E-state index contributed by atoms with van der Waals surface area (Å²) in [6.07, 6.45) is 1.88. The Hall–Kier alpha value is -2.41. The predicted octanol–water partition coefficient (Wildman–Crippen LogP) is 3.78. The molecule has 0 spiro atoms. The highest BCUT2D eigenvalue weighted by Gasteiger charge is 2.29. The van der Waals surface area contributed by atoms with Gasteiger partial charge in [-0.2, -0.15) is 0 Å². The van der Waals surface area contributed by atoms with Crippen molar-refractivity contribution >= 4 is 17.0 Å². The third-order valence-corrected chi connectivity index (χ3v) is 5.34. The molecule has 1 fully saturated rings. The Bertz CT molecular complexity index is 932. The van der Waals surface area contributed by atoms with Crippen LogP contribution >= 0.6 is 0 Å². The Morgan fingerprint density at radius 1 is 1.33 bits per heavy atom. The van der Waals surface area contributed by atoms with Crippen LogP contribution in [0.4, 0.5) is 4.79 Å². The van der Waals surface area contributed by atoms with Crippen LogP contribution in [0, 0.1) is 5.92 Å². The molecule has 1 aliphatic rings. The molecule has 1 unspecified atom stereocenters. The number of benzene rings is 1. The average molecular weight is 415 g/mol. The maximum atomic E-state index is 12.6. The molecule has 1 atom stereocenters. The van der Waals surface area contributed by atoms with Crippen LogP contribution in [-0.2, 0) is 11.3 Å². The number of para-hydroxylation sites is 1. The Morgan fingerprint density at radius 3 is 2.77 bits per heavy atom. The molecular weight excluding hydrogens is 380 g/mol. The molecule has 7 heteroatoms. The minimum absolute atomic E-state index is 0.0775. The summed E-state index contributed by atoms with van der Waals surface area (Å²) in [5.41, 5.74) is 0.122. The lowest BCUT2D eigenvalue weighted by Crippen LogP contribution is -2.47. The fourth-order valence-corrected chi connectivity index (χ4v) is 3.96. The number of nitrogens with zero attached hydrogens (tertiary/aromatic N) is 3. The van der Waals surface area contributed by atoms with Gasteiger partial charge in [-0.1, -0.05) is 12.1 Å². The summed E-state index contributed by atoms with van der Waals surface area (Å²) in [5.74, 6) is 1.05. The predicted molar refractivity (Wildman–Crippen MR) is 118 cm³/mol. The van der Waals surface area contributed by atoms with Gasteiger partial charge in [0.15, 0.2) is 0 Å². The van der Waals surface area contributed by atoms with E-state index in [1.165, 1.54) is 0 Å². The van der Waals surface area contributed by atoms with Crippen molar-refractivity contribution in [3.8, 4) is 0 Å². The summed E-state index contributed by atoms with van der Waals surface area (Å²) in [4.78, 5) is 36.7. The smallest absolute Gasteiger partial charge is 0.410 e. The maximum absolute atomic E-state index is 12.6. The van der Waals surface area contributed by atoms with Gasteiger partial charge in [0.25, 0.3) is 5.56 Å². The number of fused-ring (bicyclic) bond motifs is 1. The van der Waals surface area contributed by atoms with Crippen LogP contribution in [0.5, 0.6) is 0 Å². The molecule has 3 rings (SSSR count). The van der Waals surface area contributed by atoms with Crippen LogP contribution in [0.2, 0.25) is 0 Å². The highest BCUT2D eigenvalue weighted by molar-refractivity contribution is 5.77. The Labute approximate surface area is 178 Å². The molecule has 30 heavy (non-hydrogen) atoms. The zero-order chi connectivity index (χ0) is 21.9. The summed E-state index contributed by atoms with van der Waals surface area (Å²) in [6, 6.07) is 7.48. The van der Waals surface area contributed by atoms with E-state index in [1.807, 2.05) is 57.7 Å². The van der Waals surface area contributed by atoms with E-state index in [1.54, 1.807) is 6.07 Å². The summed E-state index contributed by atoms with van der Waals surface area (Å²) in [7, 11) is 0. The standard InChI is InChI=1S/C23H34N4O3/c1-16(2)27(22(29)30-23(3,4)5)14-17-9-8-12-26(13-17)15-20-24-19-11-7-6-10-18(19)21(28)25-20/h6-7,10-11,16-17H,8-9,12-15H2,1-5H3,(H,24,25,28). The Balaban J connectivity index is 1.66. The van der Waals surface area contributed by atoms with Gasteiger partial charge >= 0.3 is 6.09 Å². The highest BCUT2D eigenvalue weighted by Crippen LogP contribution is 2.21. The molecule has 1 aliphatic heterocycles. The van der Waals surface area contributed by atoms with Gasteiger partial charge in [-0.25, -0.2) is 9.78 Å². The zero-order valence-corrected chi connectivity index (χ0v) is 18.8. The average Bonchev–Trinajstić information content (AvgIpc) is 2.65. The van der Waals surface area contributed by atoms with E-state index in [0.29, 0.717) is 30.2 Å². The Morgan fingerprint density at radius 2 is 2.07 bits per heavy atom. The lowest BCUT2D eigenvalue weighted by molar-refractivity contribution is 0.0117. The molecule has 7 nitrogen and oxygen atoms in total. The first kappa shape index (κ1) is 22.3. The van der Waals surface area contributed by atoms with Crippen LogP contribution < -0.4 is 5.56 Å². The number of hydrogen-bond acceptors (Lipinski definition) is 5. The van der Waals surface area contributed by atoms with Gasteiger partial charge in [-0.15, -0.1) is 0 Å². The van der Waals surface area contributed by atoms with Crippen LogP contribution in [0.25, 0.3) is 10.9 Å². The van der Waals surface area contributed by atoms with Crippen molar-refractivity contribution < 1.29 is 9.53 Å². The minimum Gasteiger partial charge on any atom is -0.444 e. The molecule has 164 valence electrons. The third kappa shape index (κ3) is 5.81. The number of amides is 1. The summed E-state index contributed by atoms with van der Waals surface area (Å²) in [5, 5.41) is 0.614. The number of H-pyrrole nitrogens is 1. The van der Waals surface area contributed by atoms with Gasteiger partial charge in [-0.3, -0.25) is 9.69 Å². The van der Waals surface area contributed by atoms with E-state index in [9.17, 15) is 9.59 Å². The maximum Gasteiger partial charge on any atom is 0.410 e. The monoisotopic (exact) mass is 414 g/mol. The number of piperidine rings is 1. The second kappa shape index (κ2) is 9.16. The van der Waals surface area contributed by atoms with E-state index in [4.69, 9.17) is 4.74 Å².